The highest BCUT2D eigenvalue weighted by Gasteiger charge is 2.18. The fourth-order valence-corrected chi connectivity index (χ4v) is 2.06. The second-order valence-corrected chi connectivity index (χ2v) is 4.76. The maximum atomic E-state index is 11.7. The van der Waals surface area contributed by atoms with Gasteiger partial charge in [-0.1, -0.05) is 30.3 Å². The highest BCUT2D eigenvalue weighted by Crippen LogP contribution is 1.96. The van der Waals surface area contributed by atoms with Gasteiger partial charge in [-0.25, -0.2) is 4.79 Å². The topological polar surface area (TPSA) is 71.9 Å². The van der Waals surface area contributed by atoms with Crippen LogP contribution in [0.3, 0.4) is 0 Å². The molecule has 0 saturated carbocycles. The molecule has 1 aliphatic heterocycles. The standard InChI is InChI=1S/C14H19N3O3/c18-13(11-17-6-8-20-9-7-17)16-14(19)15-10-12-4-2-1-3-5-12/h1-5H,6-11H2,(H2,15,16,18,19)/p+1. The van der Waals surface area contributed by atoms with Crippen LogP contribution in [0.1, 0.15) is 5.56 Å². The van der Waals surface area contributed by atoms with Crippen LogP contribution in [0.5, 0.6) is 0 Å². The van der Waals surface area contributed by atoms with Crippen LogP contribution in [0, 0.1) is 0 Å². The number of quaternary nitrogens is 1. The Morgan fingerprint density at radius 3 is 2.55 bits per heavy atom. The lowest BCUT2D eigenvalue weighted by atomic mass is 10.2. The van der Waals surface area contributed by atoms with Crippen LogP contribution in [0.2, 0.25) is 0 Å². The van der Waals surface area contributed by atoms with Crippen molar-refractivity contribution in [1.29, 1.82) is 0 Å². The van der Waals surface area contributed by atoms with Gasteiger partial charge in [0.2, 0.25) is 0 Å². The van der Waals surface area contributed by atoms with E-state index in [-0.39, 0.29) is 5.91 Å². The average Bonchev–Trinajstić information content (AvgIpc) is 2.47. The zero-order valence-electron chi connectivity index (χ0n) is 11.4. The summed E-state index contributed by atoms with van der Waals surface area (Å²) in [4.78, 5) is 24.4. The Balaban J connectivity index is 1.67. The second-order valence-electron chi connectivity index (χ2n) is 4.76. The van der Waals surface area contributed by atoms with Crippen molar-refractivity contribution >= 4 is 11.9 Å². The molecule has 0 spiro atoms. The lowest BCUT2D eigenvalue weighted by Crippen LogP contribution is -3.15. The molecule has 6 nitrogen and oxygen atoms in total. The van der Waals surface area contributed by atoms with Gasteiger partial charge in [-0.05, 0) is 5.56 Å². The second kappa shape index (κ2) is 7.62. The first-order chi connectivity index (χ1) is 9.74. The van der Waals surface area contributed by atoms with E-state index in [1.54, 1.807) is 0 Å². The largest absolute Gasteiger partial charge is 0.370 e. The number of imide groups is 1. The van der Waals surface area contributed by atoms with Gasteiger partial charge in [0.05, 0.1) is 13.2 Å². The molecule has 1 aliphatic rings. The van der Waals surface area contributed by atoms with E-state index in [4.69, 9.17) is 4.74 Å². The van der Waals surface area contributed by atoms with Crippen LogP contribution in [0.4, 0.5) is 4.79 Å². The minimum atomic E-state index is -0.452. The van der Waals surface area contributed by atoms with Crippen LogP contribution in [-0.2, 0) is 16.1 Å². The highest BCUT2D eigenvalue weighted by molar-refractivity contribution is 5.94. The van der Waals surface area contributed by atoms with Gasteiger partial charge in [-0.15, -0.1) is 0 Å². The SMILES string of the molecule is O=C(C[NH+]1CCOCC1)NC(=O)NCc1ccccc1. The number of carbonyl (C=O) groups excluding carboxylic acids is 2. The van der Waals surface area contributed by atoms with Crippen molar-refractivity contribution in [3.05, 3.63) is 35.9 Å². The van der Waals surface area contributed by atoms with E-state index >= 15 is 0 Å². The summed E-state index contributed by atoms with van der Waals surface area (Å²) in [5.74, 6) is -0.257. The summed E-state index contributed by atoms with van der Waals surface area (Å²) in [6.45, 7) is 3.66. The van der Waals surface area contributed by atoms with Crippen molar-refractivity contribution in [3.8, 4) is 0 Å². The van der Waals surface area contributed by atoms with E-state index in [9.17, 15) is 9.59 Å². The van der Waals surface area contributed by atoms with Crippen LogP contribution >= 0.6 is 0 Å². The zero-order chi connectivity index (χ0) is 14.2. The van der Waals surface area contributed by atoms with Crippen molar-refractivity contribution in [1.82, 2.24) is 10.6 Å². The highest BCUT2D eigenvalue weighted by atomic mass is 16.5. The summed E-state index contributed by atoms with van der Waals surface area (Å²) in [5.41, 5.74) is 0.994. The summed E-state index contributed by atoms with van der Waals surface area (Å²) < 4.78 is 5.22. The molecule has 0 radical (unpaired) electrons. The van der Waals surface area contributed by atoms with Gasteiger partial charge in [-0.3, -0.25) is 10.1 Å². The van der Waals surface area contributed by atoms with Gasteiger partial charge in [0.25, 0.3) is 5.91 Å². The molecule has 1 fully saturated rings. The molecule has 1 heterocycles. The predicted octanol–water partition coefficient (Wildman–Crippen LogP) is -1.07. The van der Waals surface area contributed by atoms with E-state index < -0.39 is 6.03 Å². The number of amides is 3. The van der Waals surface area contributed by atoms with Crippen LogP contribution < -0.4 is 15.5 Å². The van der Waals surface area contributed by atoms with Gasteiger partial charge in [0.1, 0.15) is 13.1 Å². The third-order valence-electron chi connectivity index (χ3n) is 3.16. The van der Waals surface area contributed by atoms with Crippen LogP contribution in [-0.4, -0.2) is 44.8 Å². The summed E-state index contributed by atoms with van der Waals surface area (Å²) in [7, 11) is 0. The Bertz CT molecular complexity index is 444. The number of rotatable bonds is 4. The predicted molar refractivity (Wildman–Crippen MR) is 73.2 cm³/mol. The first kappa shape index (κ1) is 14.5. The number of hydrogen-bond acceptors (Lipinski definition) is 3. The molecule has 108 valence electrons. The molecule has 6 heteroatoms. The normalized spacial score (nSPS) is 15.6. The Labute approximate surface area is 118 Å². The van der Waals surface area contributed by atoms with E-state index in [2.05, 4.69) is 10.6 Å². The third kappa shape index (κ3) is 4.99. The number of morpholine rings is 1. The number of urea groups is 1. The molecule has 2 rings (SSSR count). The Kier molecular flexibility index (Phi) is 5.52. The Hall–Kier alpha value is -1.92. The van der Waals surface area contributed by atoms with Gasteiger partial charge in [0.15, 0.2) is 6.54 Å². The molecule has 1 saturated heterocycles. The first-order valence-corrected chi connectivity index (χ1v) is 6.77. The summed E-state index contributed by atoms with van der Waals surface area (Å²) in [6.07, 6.45) is 0. The minimum absolute atomic E-state index is 0.257. The van der Waals surface area contributed by atoms with E-state index in [0.717, 1.165) is 23.6 Å². The van der Waals surface area contributed by atoms with E-state index in [0.29, 0.717) is 26.3 Å². The lowest BCUT2D eigenvalue weighted by molar-refractivity contribution is -0.900. The van der Waals surface area contributed by atoms with Crippen molar-refractivity contribution in [2.24, 2.45) is 0 Å². The van der Waals surface area contributed by atoms with Gasteiger partial charge in [-0.2, -0.15) is 0 Å². The van der Waals surface area contributed by atoms with Crippen LogP contribution in [0.15, 0.2) is 30.3 Å². The van der Waals surface area contributed by atoms with Crippen molar-refractivity contribution in [3.63, 3.8) is 0 Å². The van der Waals surface area contributed by atoms with Crippen LogP contribution in [0.25, 0.3) is 0 Å². The Morgan fingerprint density at radius 1 is 1.15 bits per heavy atom. The van der Waals surface area contributed by atoms with E-state index in [1.165, 1.54) is 0 Å². The van der Waals surface area contributed by atoms with Gasteiger partial charge in [0, 0.05) is 6.54 Å². The lowest BCUT2D eigenvalue weighted by Gasteiger charge is -2.22. The molecule has 20 heavy (non-hydrogen) atoms. The number of ether oxygens (including phenoxy) is 1. The smallest absolute Gasteiger partial charge is 0.321 e. The molecule has 0 bridgehead atoms. The van der Waals surface area contributed by atoms with Crippen molar-refractivity contribution < 1.29 is 19.2 Å². The molecule has 0 unspecified atom stereocenters. The minimum Gasteiger partial charge on any atom is -0.370 e. The summed E-state index contributed by atoms with van der Waals surface area (Å²) in [6, 6.07) is 9.11. The summed E-state index contributed by atoms with van der Waals surface area (Å²) in [5, 5.41) is 5.01. The molecular weight excluding hydrogens is 258 g/mol. The maximum absolute atomic E-state index is 11.7. The summed E-state index contributed by atoms with van der Waals surface area (Å²) >= 11 is 0. The molecule has 0 atom stereocenters. The number of carbonyl (C=O) groups is 2. The maximum Gasteiger partial charge on any atom is 0.321 e. The van der Waals surface area contributed by atoms with E-state index in [1.807, 2.05) is 30.3 Å². The van der Waals surface area contributed by atoms with Gasteiger partial charge < -0.3 is 15.0 Å². The molecule has 0 aromatic heterocycles. The third-order valence-corrected chi connectivity index (χ3v) is 3.16. The number of hydrogen-bond donors (Lipinski definition) is 3. The first-order valence-electron chi connectivity index (χ1n) is 6.77. The van der Waals surface area contributed by atoms with Gasteiger partial charge >= 0.3 is 6.03 Å². The number of nitrogens with one attached hydrogen (secondary N) is 3. The zero-order valence-corrected chi connectivity index (χ0v) is 11.4. The monoisotopic (exact) mass is 278 g/mol. The molecule has 3 amide bonds. The molecule has 0 aliphatic carbocycles. The van der Waals surface area contributed by atoms with Crippen molar-refractivity contribution in [2.45, 2.75) is 6.54 Å². The fraction of sp³-hybridized carbons (Fsp3) is 0.429. The van der Waals surface area contributed by atoms with Crippen molar-refractivity contribution in [2.75, 3.05) is 32.8 Å². The molecular formula is C14H20N3O3+. The molecule has 1 aromatic rings. The molecule has 1 aromatic carbocycles. The number of benzene rings is 1. The Morgan fingerprint density at radius 2 is 1.85 bits per heavy atom. The quantitative estimate of drug-likeness (QED) is 0.656. The fourth-order valence-electron chi connectivity index (χ4n) is 2.06. The molecule has 3 N–H and O–H groups in total. The average molecular weight is 278 g/mol.